The molecule has 3 amide bonds. The highest BCUT2D eigenvalue weighted by Gasteiger charge is 2.33. The third-order valence-electron chi connectivity index (χ3n) is 2.53. The quantitative estimate of drug-likeness (QED) is 0.642. The topological polar surface area (TPSA) is 102 Å². The van der Waals surface area contributed by atoms with Crippen LogP contribution in [-0.4, -0.2) is 28.3 Å². The Kier molecular flexibility index (Phi) is 4.59. The Balaban J connectivity index is 1.89. The third-order valence-corrected chi connectivity index (χ3v) is 3.51. The Hall–Kier alpha value is -2.35. The number of imide groups is 1. The number of anilines is 1. The number of thioether (sulfide) groups is 1. The molecule has 0 unspecified atom stereocenters. The molecule has 1 saturated heterocycles. The molecule has 1 atom stereocenters. The van der Waals surface area contributed by atoms with Crippen LogP contribution in [0.3, 0.4) is 0 Å². The fourth-order valence-corrected chi connectivity index (χ4v) is 2.47. The van der Waals surface area contributed by atoms with Crippen LogP contribution in [0, 0.1) is 0 Å². The Morgan fingerprint density at radius 3 is 2.48 bits per heavy atom. The van der Waals surface area contributed by atoms with Gasteiger partial charge in [-0.25, -0.2) is 0 Å². The summed E-state index contributed by atoms with van der Waals surface area (Å²) in [6.07, 6.45) is -0.185. The summed E-state index contributed by atoms with van der Waals surface area (Å²) >= 11 is 0.774. The first-order valence-corrected chi connectivity index (χ1v) is 6.92. The molecule has 0 radical (unpaired) electrons. The van der Waals surface area contributed by atoms with Gasteiger partial charge in [0.05, 0.1) is 6.42 Å². The van der Waals surface area contributed by atoms with Crippen LogP contribution >= 0.6 is 11.8 Å². The molecule has 1 aromatic carbocycles. The molecule has 2 rings (SSSR count). The standard InChI is InChI=1S/C13H12N2O5S/c1-7(16)14-8-2-4-9(5-3-8)20-11(17)6-10-12(18)15-13(19)21-10/h2-5,10H,6H2,1H3,(H,14,16)(H,15,18,19)/t10-/m0/s1. The van der Waals surface area contributed by atoms with E-state index in [0.717, 1.165) is 11.8 Å². The highest BCUT2D eigenvalue weighted by atomic mass is 32.2. The van der Waals surface area contributed by atoms with E-state index in [9.17, 15) is 19.2 Å². The van der Waals surface area contributed by atoms with E-state index >= 15 is 0 Å². The number of amides is 3. The van der Waals surface area contributed by atoms with Crippen LogP contribution in [0.4, 0.5) is 10.5 Å². The summed E-state index contributed by atoms with van der Waals surface area (Å²) in [5.41, 5.74) is 0.582. The predicted octanol–water partition coefficient (Wildman–Crippen LogP) is 1.29. The van der Waals surface area contributed by atoms with Gasteiger partial charge in [0.15, 0.2) is 0 Å². The molecule has 1 heterocycles. The van der Waals surface area contributed by atoms with Gasteiger partial charge >= 0.3 is 5.97 Å². The molecule has 8 heteroatoms. The smallest absolute Gasteiger partial charge is 0.312 e. The molecule has 1 fully saturated rings. The zero-order valence-corrected chi connectivity index (χ0v) is 11.9. The molecule has 0 saturated carbocycles. The minimum absolute atomic E-state index is 0.185. The van der Waals surface area contributed by atoms with Gasteiger partial charge in [0, 0.05) is 12.6 Å². The van der Waals surface area contributed by atoms with Crippen molar-refractivity contribution >= 4 is 40.5 Å². The Morgan fingerprint density at radius 1 is 1.29 bits per heavy atom. The molecule has 0 spiro atoms. The summed E-state index contributed by atoms with van der Waals surface area (Å²) in [4.78, 5) is 44.8. The van der Waals surface area contributed by atoms with Crippen LogP contribution in [0.5, 0.6) is 5.75 Å². The number of esters is 1. The molecule has 0 aliphatic carbocycles. The largest absolute Gasteiger partial charge is 0.426 e. The maximum absolute atomic E-state index is 11.7. The molecule has 1 aliphatic heterocycles. The number of carbonyl (C=O) groups excluding carboxylic acids is 4. The van der Waals surface area contributed by atoms with E-state index < -0.39 is 22.4 Å². The van der Waals surface area contributed by atoms with Gasteiger partial charge in [-0.15, -0.1) is 0 Å². The van der Waals surface area contributed by atoms with E-state index in [2.05, 4.69) is 10.6 Å². The summed E-state index contributed by atoms with van der Waals surface area (Å²) in [6.45, 7) is 1.39. The second-order valence-electron chi connectivity index (χ2n) is 4.27. The Morgan fingerprint density at radius 2 is 1.95 bits per heavy atom. The molecular weight excluding hydrogens is 296 g/mol. The number of benzene rings is 1. The number of ether oxygens (including phenoxy) is 1. The Labute approximate surface area is 124 Å². The molecule has 2 N–H and O–H groups in total. The fourth-order valence-electron chi connectivity index (χ4n) is 1.66. The highest BCUT2D eigenvalue weighted by Crippen LogP contribution is 2.23. The molecule has 110 valence electrons. The van der Waals surface area contributed by atoms with Gasteiger partial charge in [-0.1, -0.05) is 11.8 Å². The SMILES string of the molecule is CC(=O)Nc1ccc(OC(=O)C[C@@H]2SC(=O)NC2=O)cc1. The summed E-state index contributed by atoms with van der Waals surface area (Å²) in [5, 5.41) is 3.47. The Bertz CT molecular complexity index is 599. The van der Waals surface area contributed by atoms with E-state index in [1.165, 1.54) is 19.1 Å². The predicted molar refractivity (Wildman–Crippen MR) is 75.9 cm³/mol. The van der Waals surface area contributed by atoms with E-state index in [0.29, 0.717) is 11.4 Å². The van der Waals surface area contributed by atoms with Crippen molar-refractivity contribution < 1.29 is 23.9 Å². The van der Waals surface area contributed by atoms with Crippen LogP contribution < -0.4 is 15.4 Å². The van der Waals surface area contributed by atoms with Crippen LogP contribution in [-0.2, 0) is 14.4 Å². The van der Waals surface area contributed by atoms with Gasteiger partial charge in [0.25, 0.3) is 5.24 Å². The molecule has 21 heavy (non-hydrogen) atoms. The lowest BCUT2D eigenvalue weighted by Gasteiger charge is -2.07. The summed E-state index contributed by atoms with van der Waals surface area (Å²) in [6, 6.07) is 6.22. The first-order chi connectivity index (χ1) is 9.94. The lowest BCUT2D eigenvalue weighted by molar-refractivity contribution is -0.135. The van der Waals surface area contributed by atoms with Crippen LogP contribution in [0.25, 0.3) is 0 Å². The number of rotatable bonds is 4. The summed E-state index contributed by atoms with van der Waals surface area (Å²) in [7, 11) is 0. The van der Waals surface area contributed by atoms with Crippen molar-refractivity contribution in [3.63, 3.8) is 0 Å². The van der Waals surface area contributed by atoms with Crippen LogP contribution in [0.2, 0.25) is 0 Å². The van der Waals surface area contributed by atoms with E-state index in [1.54, 1.807) is 12.1 Å². The van der Waals surface area contributed by atoms with Gasteiger partial charge in [-0.2, -0.15) is 0 Å². The maximum atomic E-state index is 11.7. The second-order valence-corrected chi connectivity index (χ2v) is 5.44. The minimum Gasteiger partial charge on any atom is -0.426 e. The molecule has 7 nitrogen and oxygen atoms in total. The number of carbonyl (C=O) groups is 4. The number of hydrogen-bond acceptors (Lipinski definition) is 6. The van der Waals surface area contributed by atoms with Crippen molar-refractivity contribution in [3.05, 3.63) is 24.3 Å². The van der Waals surface area contributed by atoms with E-state index in [4.69, 9.17) is 4.74 Å². The van der Waals surface area contributed by atoms with Crippen molar-refractivity contribution in [3.8, 4) is 5.75 Å². The molecule has 0 bridgehead atoms. The van der Waals surface area contributed by atoms with Gasteiger partial charge in [-0.05, 0) is 24.3 Å². The van der Waals surface area contributed by atoms with Crippen molar-refractivity contribution in [2.45, 2.75) is 18.6 Å². The summed E-state index contributed by atoms with van der Waals surface area (Å²) < 4.78 is 5.06. The molecule has 0 aromatic heterocycles. The van der Waals surface area contributed by atoms with Crippen LogP contribution in [0.15, 0.2) is 24.3 Å². The average molecular weight is 308 g/mol. The third kappa shape index (κ3) is 4.32. The lowest BCUT2D eigenvalue weighted by atomic mass is 10.3. The fraction of sp³-hybridized carbons (Fsp3) is 0.231. The summed E-state index contributed by atoms with van der Waals surface area (Å²) in [5.74, 6) is -0.995. The van der Waals surface area contributed by atoms with E-state index in [1.807, 2.05) is 0 Å². The first kappa shape index (κ1) is 15.0. The average Bonchev–Trinajstić information content (AvgIpc) is 2.69. The van der Waals surface area contributed by atoms with Crippen molar-refractivity contribution in [2.75, 3.05) is 5.32 Å². The lowest BCUT2D eigenvalue weighted by Crippen LogP contribution is -2.27. The van der Waals surface area contributed by atoms with Crippen LogP contribution in [0.1, 0.15) is 13.3 Å². The zero-order chi connectivity index (χ0) is 15.4. The normalized spacial score (nSPS) is 17.3. The minimum atomic E-state index is -0.747. The number of nitrogens with one attached hydrogen (secondary N) is 2. The van der Waals surface area contributed by atoms with Gasteiger partial charge in [0.1, 0.15) is 11.0 Å². The first-order valence-electron chi connectivity index (χ1n) is 6.04. The van der Waals surface area contributed by atoms with Gasteiger partial charge in [-0.3, -0.25) is 24.5 Å². The maximum Gasteiger partial charge on any atom is 0.312 e. The monoisotopic (exact) mass is 308 g/mol. The number of hydrogen-bond donors (Lipinski definition) is 2. The van der Waals surface area contributed by atoms with E-state index in [-0.39, 0.29) is 12.3 Å². The molecule has 1 aromatic rings. The zero-order valence-electron chi connectivity index (χ0n) is 11.0. The second kappa shape index (κ2) is 6.40. The highest BCUT2D eigenvalue weighted by molar-refractivity contribution is 8.15. The molecule has 1 aliphatic rings. The van der Waals surface area contributed by atoms with Crippen molar-refractivity contribution in [2.24, 2.45) is 0 Å². The van der Waals surface area contributed by atoms with Gasteiger partial charge in [0.2, 0.25) is 11.8 Å². The molecular formula is C13H12N2O5S. The van der Waals surface area contributed by atoms with Crippen molar-refractivity contribution in [1.29, 1.82) is 0 Å². The van der Waals surface area contributed by atoms with Gasteiger partial charge < -0.3 is 10.1 Å². The van der Waals surface area contributed by atoms with Crippen molar-refractivity contribution in [1.82, 2.24) is 5.32 Å².